The van der Waals surface area contributed by atoms with Crippen LogP contribution in [0, 0.1) is 5.92 Å². The molecule has 2 atom stereocenters. The number of benzene rings is 3. The topological polar surface area (TPSA) is 82.1 Å². The molecule has 1 heterocycles. The third-order valence-electron chi connectivity index (χ3n) is 7.95. The van der Waals surface area contributed by atoms with Crippen LogP contribution in [0.5, 0.6) is 11.5 Å². The van der Waals surface area contributed by atoms with E-state index < -0.39 is 22.0 Å². The van der Waals surface area contributed by atoms with Gasteiger partial charge >= 0.3 is 5.97 Å². The second-order valence-corrected chi connectivity index (χ2v) is 13.1. The monoisotopic (exact) mass is 597 g/mol. The summed E-state index contributed by atoms with van der Waals surface area (Å²) < 4.78 is 45.6. The summed E-state index contributed by atoms with van der Waals surface area (Å²) in [6, 6.07) is 20.7. The lowest BCUT2D eigenvalue weighted by atomic mass is 9.90. The molecular formula is C32H36ClNO6S. The Balaban J connectivity index is 1.23. The van der Waals surface area contributed by atoms with Crippen molar-refractivity contribution >= 4 is 27.6 Å². The Morgan fingerprint density at radius 1 is 0.854 bits per heavy atom. The summed E-state index contributed by atoms with van der Waals surface area (Å²) in [4.78, 5) is 12.9. The first-order valence-electron chi connectivity index (χ1n) is 14.2. The van der Waals surface area contributed by atoms with Crippen LogP contribution in [0.1, 0.15) is 44.9 Å². The van der Waals surface area contributed by atoms with Gasteiger partial charge in [-0.05, 0) is 84.8 Å². The van der Waals surface area contributed by atoms with Gasteiger partial charge in [-0.2, -0.15) is 4.31 Å². The van der Waals surface area contributed by atoms with Gasteiger partial charge in [-0.1, -0.05) is 55.1 Å². The zero-order valence-corrected chi connectivity index (χ0v) is 24.8. The van der Waals surface area contributed by atoms with E-state index in [0.717, 1.165) is 11.1 Å². The molecular weight excluding hydrogens is 562 g/mol. The first-order valence-corrected chi connectivity index (χ1v) is 16.0. The molecule has 7 nitrogen and oxygen atoms in total. The van der Waals surface area contributed by atoms with Crippen molar-refractivity contribution in [1.82, 2.24) is 4.31 Å². The average Bonchev–Trinajstić information content (AvgIpc) is 3.01. The van der Waals surface area contributed by atoms with Crippen molar-refractivity contribution in [3.8, 4) is 22.6 Å². The van der Waals surface area contributed by atoms with Crippen molar-refractivity contribution in [2.24, 2.45) is 5.92 Å². The van der Waals surface area contributed by atoms with Crippen LogP contribution >= 0.6 is 11.6 Å². The zero-order chi connectivity index (χ0) is 28.8. The van der Waals surface area contributed by atoms with E-state index in [9.17, 15) is 13.2 Å². The van der Waals surface area contributed by atoms with E-state index in [-0.39, 0.29) is 24.0 Å². The molecule has 41 heavy (non-hydrogen) atoms. The number of methoxy groups -OCH3 is 1. The van der Waals surface area contributed by atoms with Gasteiger partial charge in [-0.15, -0.1) is 0 Å². The minimum atomic E-state index is -3.94. The van der Waals surface area contributed by atoms with E-state index in [2.05, 4.69) is 0 Å². The second kappa shape index (κ2) is 13.3. The Morgan fingerprint density at radius 2 is 1.46 bits per heavy atom. The molecule has 3 aromatic carbocycles. The number of hydrogen-bond acceptors (Lipinski definition) is 6. The maximum atomic E-state index is 13.6. The van der Waals surface area contributed by atoms with Gasteiger partial charge in [0.15, 0.2) is 0 Å². The molecule has 5 rings (SSSR count). The Morgan fingerprint density at radius 3 is 2.10 bits per heavy atom. The number of hydrogen-bond donors (Lipinski definition) is 0. The van der Waals surface area contributed by atoms with Gasteiger partial charge in [0.05, 0.1) is 18.6 Å². The van der Waals surface area contributed by atoms with Gasteiger partial charge in [0.1, 0.15) is 23.6 Å². The van der Waals surface area contributed by atoms with Crippen LogP contribution in [-0.2, 0) is 19.6 Å². The lowest BCUT2D eigenvalue weighted by Gasteiger charge is -2.36. The molecule has 1 saturated heterocycles. The van der Waals surface area contributed by atoms with E-state index in [0.29, 0.717) is 35.5 Å². The third-order valence-corrected chi connectivity index (χ3v) is 10.1. The molecule has 0 aromatic heterocycles. The van der Waals surface area contributed by atoms with Crippen LogP contribution in [0.25, 0.3) is 11.1 Å². The fraction of sp³-hybridized carbons (Fsp3) is 0.406. The Hall–Kier alpha value is -3.07. The molecule has 3 aromatic rings. The summed E-state index contributed by atoms with van der Waals surface area (Å²) >= 11 is 5.99. The van der Waals surface area contributed by atoms with Crippen molar-refractivity contribution in [3.63, 3.8) is 0 Å². The van der Waals surface area contributed by atoms with Crippen molar-refractivity contribution in [2.45, 2.75) is 62.0 Å². The Kier molecular flexibility index (Phi) is 9.53. The number of carbonyl (C=O) groups excluding carboxylic acids is 1. The quantitative estimate of drug-likeness (QED) is 0.254. The highest BCUT2D eigenvalue weighted by molar-refractivity contribution is 7.89. The Labute approximate surface area is 247 Å². The summed E-state index contributed by atoms with van der Waals surface area (Å²) in [6.07, 6.45) is 6.41. The molecule has 9 heteroatoms. The number of halogens is 1. The third kappa shape index (κ3) is 7.23. The molecule has 1 aliphatic carbocycles. The molecule has 0 spiro atoms. The van der Waals surface area contributed by atoms with E-state index in [4.69, 9.17) is 25.8 Å². The molecule has 0 amide bonds. The van der Waals surface area contributed by atoms with E-state index in [1.165, 1.54) is 43.5 Å². The van der Waals surface area contributed by atoms with Crippen LogP contribution in [0.15, 0.2) is 77.7 Å². The minimum absolute atomic E-state index is 0.119. The molecule has 0 N–H and O–H groups in total. The standard InChI is InChI=1S/C32H36ClNO6S/c1-38-32(35)31-21-29(40-28-13-9-25(10-14-28)24-7-11-26(33)12-8-24)19-20-34(31)41(36,37)30-17-15-27(16-18-30)39-22-23-5-3-2-4-6-23/h7-18,23,29,31H,2-6,19-22H2,1H3/t29-,31+/m0/s1. The van der Waals surface area contributed by atoms with E-state index in [1.54, 1.807) is 24.3 Å². The molecule has 218 valence electrons. The van der Waals surface area contributed by atoms with E-state index >= 15 is 0 Å². The van der Waals surface area contributed by atoms with E-state index in [1.807, 2.05) is 48.5 Å². The van der Waals surface area contributed by atoms with Crippen LogP contribution < -0.4 is 9.47 Å². The lowest BCUT2D eigenvalue weighted by molar-refractivity contribution is -0.147. The first-order chi connectivity index (χ1) is 19.8. The van der Waals surface area contributed by atoms with Gasteiger partial charge in [-0.25, -0.2) is 8.42 Å². The normalized spacial score (nSPS) is 20.3. The number of rotatable bonds is 9. The van der Waals surface area contributed by atoms with Gasteiger partial charge in [0.2, 0.25) is 10.0 Å². The predicted molar refractivity (Wildman–Crippen MR) is 159 cm³/mol. The molecule has 1 saturated carbocycles. The highest BCUT2D eigenvalue weighted by Crippen LogP contribution is 2.31. The molecule has 1 aliphatic heterocycles. The van der Waals surface area contributed by atoms with Crippen LogP contribution in [-0.4, -0.2) is 51.1 Å². The number of esters is 1. The SMILES string of the molecule is COC(=O)[C@H]1C[C@@H](Oc2ccc(-c3ccc(Cl)cc3)cc2)CCN1S(=O)(=O)c1ccc(OCC2CCCCC2)cc1. The largest absolute Gasteiger partial charge is 0.493 e. The van der Waals surface area contributed by atoms with Crippen molar-refractivity contribution in [2.75, 3.05) is 20.3 Å². The lowest BCUT2D eigenvalue weighted by Crippen LogP contribution is -2.52. The van der Waals surface area contributed by atoms with Gasteiger partial charge in [-0.3, -0.25) is 4.79 Å². The highest BCUT2D eigenvalue weighted by Gasteiger charge is 2.42. The van der Waals surface area contributed by atoms with Crippen molar-refractivity contribution in [1.29, 1.82) is 0 Å². The summed E-state index contributed by atoms with van der Waals surface area (Å²) in [5, 5.41) is 0.679. The number of piperidine rings is 1. The maximum absolute atomic E-state index is 13.6. The van der Waals surface area contributed by atoms with Crippen LogP contribution in [0.4, 0.5) is 0 Å². The van der Waals surface area contributed by atoms with Gasteiger partial charge < -0.3 is 14.2 Å². The number of sulfonamides is 1. The average molecular weight is 598 g/mol. The van der Waals surface area contributed by atoms with Crippen LogP contribution in [0.3, 0.4) is 0 Å². The first kappa shape index (κ1) is 29.4. The molecule has 0 bridgehead atoms. The smallest absolute Gasteiger partial charge is 0.324 e. The minimum Gasteiger partial charge on any atom is -0.493 e. The van der Waals surface area contributed by atoms with Crippen molar-refractivity contribution < 1.29 is 27.4 Å². The predicted octanol–water partition coefficient (Wildman–Crippen LogP) is 6.74. The summed E-state index contributed by atoms with van der Waals surface area (Å²) in [7, 11) is -2.67. The fourth-order valence-electron chi connectivity index (χ4n) is 5.63. The Bertz CT molecular complexity index is 1400. The number of carbonyl (C=O) groups is 1. The zero-order valence-electron chi connectivity index (χ0n) is 23.2. The van der Waals surface area contributed by atoms with Gasteiger partial charge in [0, 0.05) is 18.0 Å². The molecule has 2 aliphatic rings. The highest BCUT2D eigenvalue weighted by atomic mass is 35.5. The van der Waals surface area contributed by atoms with Gasteiger partial charge in [0.25, 0.3) is 0 Å². The molecule has 0 unspecified atom stereocenters. The molecule has 2 fully saturated rings. The van der Waals surface area contributed by atoms with Crippen molar-refractivity contribution in [3.05, 3.63) is 77.8 Å². The number of ether oxygens (including phenoxy) is 3. The maximum Gasteiger partial charge on any atom is 0.324 e. The number of nitrogens with zero attached hydrogens (tertiary/aromatic N) is 1. The molecule has 0 radical (unpaired) electrons. The second-order valence-electron chi connectivity index (χ2n) is 10.7. The van der Waals surface area contributed by atoms with Crippen LogP contribution in [0.2, 0.25) is 5.02 Å². The summed E-state index contributed by atoms with van der Waals surface area (Å²) in [5.74, 6) is 1.25. The summed E-state index contributed by atoms with van der Waals surface area (Å²) in [6.45, 7) is 0.781. The summed E-state index contributed by atoms with van der Waals surface area (Å²) in [5.41, 5.74) is 2.06. The fourth-order valence-corrected chi connectivity index (χ4v) is 7.36.